The molecule has 7 nitrogen and oxygen atoms in total. The number of carbonyl (C=O) groups excluding carboxylic acids is 2. The number of carboxylic acid groups (broad SMARTS) is 1. The molecule has 0 aromatic carbocycles. The number of halogens is 1. The van der Waals surface area contributed by atoms with Crippen LogP contribution < -0.4 is 20.5 Å². The molecule has 0 saturated carbocycles. The van der Waals surface area contributed by atoms with Crippen LogP contribution in [0.3, 0.4) is 0 Å². The normalized spacial score (nSPS) is 9.67. The van der Waals surface area contributed by atoms with Gasteiger partial charge in [-0.05, 0) is 6.07 Å². The van der Waals surface area contributed by atoms with E-state index in [0.29, 0.717) is 5.75 Å². The van der Waals surface area contributed by atoms with Crippen molar-refractivity contribution >= 4 is 23.6 Å². The van der Waals surface area contributed by atoms with Crippen molar-refractivity contribution in [3.63, 3.8) is 0 Å². The predicted molar refractivity (Wildman–Crippen MR) is 61.5 cm³/mol. The lowest BCUT2D eigenvalue weighted by Gasteiger charge is -2.08. The monoisotopic (exact) mass is 272 g/mol. The first kappa shape index (κ1) is 14.0. The molecule has 18 heavy (non-hydrogen) atoms. The molecule has 0 bridgehead atoms. The van der Waals surface area contributed by atoms with Crippen molar-refractivity contribution in [2.45, 2.75) is 0 Å². The Morgan fingerprint density at radius 3 is 2.67 bits per heavy atom. The highest BCUT2D eigenvalue weighted by atomic mass is 35.5. The molecule has 0 aliphatic carbocycles. The number of nitrogens with zero attached hydrogens (tertiary/aromatic N) is 1. The highest BCUT2D eigenvalue weighted by molar-refractivity contribution is 6.32. The molecule has 2 amide bonds. The van der Waals surface area contributed by atoms with Crippen molar-refractivity contribution in [1.82, 2.24) is 15.6 Å². The molecule has 0 fully saturated rings. The molecule has 1 aromatic heterocycles. The number of ether oxygens (including phenoxy) is 1. The van der Waals surface area contributed by atoms with Gasteiger partial charge in [-0.1, -0.05) is 11.6 Å². The summed E-state index contributed by atoms with van der Waals surface area (Å²) in [6, 6.07) is 1.36. The molecule has 2 N–H and O–H groups in total. The zero-order valence-corrected chi connectivity index (χ0v) is 10.3. The number of methoxy groups -OCH3 is 1. The summed E-state index contributed by atoms with van der Waals surface area (Å²) in [5.74, 6) is -0.0912. The molecule has 1 heterocycles. The number of amides is 2. The minimum Gasteiger partial charge on any atom is -0.530 e. The molecule has 8 heteroatoms. The van der Waals surface area contributed by atoms with Gasteiger partial charge < -0.3 is 25.3 Å². The second kappa shape index (κ2) is 6.65. The van der Waals surface area contributed by atoms with Crippen molar-refractivity contribution < 1.29 is 19.4 Å². The molecule has 0 aliphatic rings. The summed E-state index contributed by atoms with van der Waals surface area (Å²) in [7, 11) is 1.44. The van der Waals surface area contributed by atoms with E-state index in [9.17, 15) is 14.7 Å². The van der Waals surface area contributed by atoms with E-state index < -0.39 is 12.0 Å². The molecule has 0 atom stereocenters. The maximum Gasteiger partial charge on any atom is 0.269 e. The lowest BCUT2D eigenvalue weighted by Crippen LogP contribution is -2.41. The summed E-state index contributed by atoms with van der Waals surface area (Å²) in [6.07, 6.45) is -0.0636. The smallest absolute Gasteiger partial charge is 0.269 e. The lowest BCUT2D eigenvalue weighted by molar-refractivity contribution is -0.250. The third-order valence-corrected chi connectivity index (χ3v) is 2.25. The van der Waals surface area contributed by atoms with Gasteiger partial charge in [-0.2, -0.15) is 0 Å². The van der Waals surface area contributed by atoms with E-state index in [1.807, 2.05) is 5.32 Å². The fourth-order valence-electron chi connectivity index (χ4n) is 1.12. The van der Waals surface area contributed by atoms with Gasteiger partial charge in [0.2, 0.25) is 0 Å². The van der Waals surface area contributed by atoms with E-state index in [4.69, 9.17) is 16.3 Å². The van der Waals surface area contributed by atoms with E-state index >= 15 is 0 Å². The molecule has 0 unspecified atom stereocenters. The van der Waals surface area contributed by atoms with Crippen LogP contribution >= 0.6 is 11.6 Å². The Morgan fingerprint density at radius 1 is 1.44 bits per heavy atom. The number of pyridine rings is 1. The molecular formula is C10H11ClN3O4-. The molecule has 98 valence electrons. The van der Waals surface area contributed by atoms with E-state index in [2.05, 4.69) is 10.3 Å². The van der Waals surface area contributed by atoms with Crippen LogP contribution in [-0.2, 0) is 0 Å². The van der Waals surface area contributed by atoms with E-state index in [0.717, 1.165) is 0 Å². The van der Waals surface area contributed by atoms with Gasteiger partial charge in [-0.25, -0.2) is 4.98 Å². The maximum absolute atomic E-state index is 11.6. The highest BCUT2D eigenvalue weighted by Gasteiger charge is 2.09. The van der Waals surface area contributed by atoms with E-state index in [1.165, 1.54) is 19.4 Å². The second-order valence-electron chi connectivity index (χ2n) is 3.17. The number of nitrogens with one attached hydrogen (secondary N) is 2. The summed E-state index contributed by atoms with van der Waals surface area (Å²) in [4.78, 5) is 25.5. The Kier molecular flexibility index (Phi) is 5.19. The van der Waals surface area contributed by atoms with Gasteiger partial charge in [-0.15, -0.1) is 0 Å². The van der Waals surface area contributed by atoms with Gasteiger partial charge >= 0.3 is 0 Å². The van der Waals surface area contributed by atoms with Gasteiger partial charge in [0.25, 0.3) is 5.91 Å². The van der Waals surface area contributed by atoms with Crippen LogP contribution in [0.4, 0.5) is 4.79 Å². The Morgan fingerprint density at radius 2 is 2.11 bits per heavy atom. The van der Waals surface area contributed by atoms with Crippen molar-refractivity contribution in [3.8, 4) is 5.75 Å². The quantitative estimate of drug-likeness (QED) is 0.697. The Balaban J connectivity index is 2.51. The molecule has 0 aliphatic heterocycles. The number of hydrogen-bond donors (Lipinski definition) is 2. The maximum atomic E-state index is 11.6. The van der Waals surface area contributed by atoms with Gasteiger partial charge in [0.15, 0.2) is 5.75 Å². The number of hydrogen-bond acceptors (Lipinski definition) is 5. The largest absolute Gasteiger partial charge is 0.530 e. The van der Waals surface area contributed by atoms with Gasteiger partial charge in [0.1, 0.15) is 11.8 Å². The SMILES string of the molecule is COc1cnc(C(=O)NCCNC(=O)[O-])cc1Cl. The standard InChI is InChI=1S/C10H12ClN3O4/c1-18-8-5-14-7(4-6(8)11)9(15)12-2-3-13-10(16)17/h4-5,13H,2-3H2,1H3,(H,12,15)(H,16,17)/p-1. The van der Waals surface area contributed by atoms with Crippen molar-refractivity contribution in [2.24, 2.45) is 0 Å². The molecule has 1 aromatic rings. The van der Waals surface area contributed by atoms with Gasteiger partial charge in [-0.3, -0.25) is 4.79 Å². The number of rotatable bonds is 5. The van der Waals surface area contributed by atoms with Crippen molar-refractivity contribution in [3.05, 3.63) is 23.0 Å². The highest BCUT2D eigenvalue weighted by Crippen LogP contribution is 2.22. The lowest BCUT2D eigenvalue weighted by atomic mass is 10.3. The Hall–Kier alpha value is -2.02. The van der Waals surface area contributed by atoms with Crippen LogP contribution in [0.25, 0.3) is 0 Å². The number of carbonyl (C=O) groups is 2. The topological polar surface area (TPSA) is 103 Å². The average molecular weight is 273 g/mol. The van der Waals surface area contributed by atoms with E-state index in [1.54, 1.807) is 0 Å². The molecule has 0 radical (unpaired) electrons. The summed E-state index contributed by atoms with van der Waals surface area (Å²) < 4.78 is 4.90. The van der Waals surface area contributed by atoms with Gasteiger partial charge in [0, 0.05) is 13.1 Å². The predicted octanol–water partition coefficient (Wildman–Crippen LogP) is -0.594. The summed E-state index contributed by atoms with van der Waals surface area (Å²) in [5, 5.41) is 14.8. The fraction of sp³-hybridized carbons (Fsp3) is 0.300. The second-order valence-corrected chi connectivity index (χ2v) is 3.58. The van der Waals surface area contributed by atoms with Crippen LogP contribution in [0.1, 0.15) is 10.5 Å². The van der Waals surface area contributed by atoms with Crippen LogP contribution in [0.15, 0.2) is 12.3 Å². The molecule has 1 rings (SSSR count). The van der Waals surface area contributed by atoms with Crippen LogP contribution in [0, 0.1) is 0 Å². The first-order chi connectivity index (χ1) is 8.54. The first-order valence-corrected chi connectivity index (χ1v) is 5.35. The third-order valence-electron chi connectivity index (χ3n) is 1.95. The average Bonchev–Trinajstić information content (AvgIpc) is 2.34. The zero-order valence-electron chi connectivity index (χ0n) is 9.53. The van der Waals surface area contributed by atoms with Crippen LogP contribution in [0.5, 0.6) is 5.75 Å². The minimum atomic E-state index is -1.39. The summed E-state index contributed by atoms with van der Waals surface area (Å²) in [5.41, 5.74) is 0.120. The molecular weight excluding hydrogens is 262 g/mol. The van der Waals surface area contributed by atoms with Crippen molar-refractivity contribution in [1.29, 1.82) is 0 Å². The molecule has 0 spiro atoms. The summed E-state index contributed by atoms with van der Waals surface area (Å²) in [6.45, 7) is 0.177. The zero-order chi connectivity index (χ0) is 13.5. The summed E-state index contributed by atoms with van der Waals surface area (Å²) >= 11 is 5.83. The Labute approximate surface area is 108 Å². The fourth-order valence-corrected chi connectivity index (χ4v) is 1.35. The third kappa shape index (κ3) is 4.10. The first-order valence-electron chi connectivity index (χ1n) is 4.97. The van der Waals surface area contributed by atoms with Gasteiger partial charge in [0.05, 0.1) is 18.3 Å². The molecule has 0 saturated heterocycles. The number of aromatic nitrogens is 1. The van der Waals surface area contributed by atoms with Crippen LogP contribution in [-0.4, -0.2) is 37.2 Å². The minimum absolute atomic E-state index is 0.0535. The van der Waals surface area contributed by atoms with Crippen molar-refractivity contribution in [2.75, 3.05) is 20.2 Å². The Bertz CT molecular complexity index is 453. The van der Waals surface area contributed by atoms with Crippen LogP contribution in [0.2, 0.25) is 5.02 Å². The van der Waals surface area contributed by atoms with E-state index in [-0.39, 0.29) is 23.8 Å².